The third-order valence-corrected chi connectivity index (χ3v) is 3.64. The van der Waals surface area contributed by atoms with Crippen LogP contribution in [-0.2, 0) is 4.79 Å². The van der Waals surface area contributed by atoms with Gasteiger partial charge in [0.1, 0.15) is 6.04 Å². The van der Waals surface area contributed by atoms with Crippen molar-refractivity contribution in [1.29, 1.82) is 0 Å². The minimum atomic E-state index is -0.878. The first-order valence-corrected chi connectivity index (χ1v) is 7.73. The first kappa shape index (κ1) is 17.7. The van der Waals surface area contributed by atoms with Crippen molar-refractivity contribution in [3.63, 3.8) is 0 Å². The predicted molar refractivity (Wildman–Crippen MR) is 89.3 cm³/mol. The maximum absolute atomic E-state index is 13.6. The molecular formula is C19H20FNO3. The molecular weight excluding hydrogens is 309 g/mol. The fraction of sp³-hybridized carbons (Fsp3) is 0.263. The van der Waals surface area contributed by atoms with Gasteiger partial charge in [0.05, 0.1) is 0 Å². The first-order valence-electron chi connectivity index (χ1n) is 7.73. The van der Waals surface area contributed by atoms with E-state index in [0.717, 1.165) is 5.56 Å². The van der Waals surface area contributed by atoms with Gasteiger partial charge in [-0.2, -0.15) is 0 Å². The number of hydrogen-bond donors (Lipinski definition) is 1. The maximum atomic E-state index is 13.6. The predicted octanol–water partition coefficient (Wildman–Crippen LogP) is 3.49. The fourth-order valence-electron chi connectivity index (χ4n) is 2.24. The van der Waals surface area contributed by atoms with Gasteiger partial charge in [0.2, 0.25) is 0 Å². The van der Waals surface area contributed by atoms with Crippen molar-refractivity contribution in [1.82, 2.24) is 5.32 Å². The Hall–Kier alpha value is -2.69. The molecule has 0 aliphatic heterocycles. The molecule has 1 atom stereocenters. The van der Waals surface area contributed by atoms with Gasteiger partial charge in [-0.3, -0.25) is 4.79 Å². The van der Waals surface area contributed by atoms with Crippen LogP contribution >= 0.6 is 0 Å². The molecule has 0 bridgehead atoms. The molecule has 1 amide bonds. The highest BCUT2D eigenvalue weighted by molar-refractivity contribution is 5.98. The fourth-order valence-corrected chi connectivity index (χ4v) is 2.24. The van der Waals surface area contributed by atoms with Crippen LogP contribution in [-0.4, -0.2) is 17.9 Å². The monoisotopic (exact) mass is 329 g/mol. The zero-order valence-corrected chi connectivity index (χ0v) is 13.9. The number of ether oxygens (including phenoxy) is 1. The van der Waals surface area contributed by atoms with Gasteiger partial charge in [-0.05, 0) is 36.6 Å². The van der Waals surface area contributed by atoms with E-state index in [2.05, 4.69) is 5.32 Å². The molecule has 0 radical (unpaired) electrons. The largest absolute Gasteiger partial charge is 0.422 e. The summed E-state index contributed by atoms with van der Waals surface area (Å²) in [6.45, 7) is 5.38. The summed E-state index contributed by atoms with van der Waals surface area (Å²) in [7, 11) is 0. The lowest BCUT2D eigenvalue weighted by molar-refractivity contribution is -0.137. The van der Waals surface area contributed by atoms with E-state index in [0.29, 0.717) is 5.56 Å². The summed E-state index contributed by atoms with van der Waals surface area (Å²) in [5.41, 5.74) is 1.29. The number of benzene rings is 2. The number of carbonyl (C=O) groups excluding carboxylic acids is 2. The Kier molecular flexibility index (Phi) is 5.68. The maximum Gasteiger partial charge on any atom is 0.334 e. The molecule has 0 aromatic heterocycles. The highest BCUT2D eigenvalue weighted by Crippen LogP contribution is 2.17. The number of esters is 1. The van der Waals surface area contributed by atoms with Crippen LogP contribution in [0, 0.1) is 18.7 Å². The molecule has 126 valence electrons. The molecule has 0 heterocycles. The molecule has 0 saturated carbocycles. The summed E-state index contributed by atoms with van der Waals surface area (Å²) in [6.07, 6.45) is 0. The Bertz CT molecular complexity index is 743. The van der Waals surface area contributed by atoms with Crippen LogP contribution in [0.4, 0.5) is 4.39 Å². The van der Waals surface area contributed by atoms with Crippen molar-refractivity contribution in [2.45, 2.75) is 26.8 Å². The molecule has 1 unspecified atom stereocenters. The second kappa shape index (κ2) is 7.73. The van der Waals surface area contributed by atoms with Crippen LogP contribution in [0.5, 0.6) is 5.75 Å². The van der Waals surface area contributed by atoms with Crippen LogP contribution in [0.3, 0.4) is 0 Å². The van der Waals surface area contributed by atoms with E-state index < -0.39 is 17.8 Å². The lowest BCUT2D eigenvalue weighted by atomic mass is 10.0. The van der Waals surface area contributed by atoms with Crippen molar-refractivity contribution >= 4 is 11.9 Å². The third-order valence-electron chi connectivity index (χ3n) is 3.64. The summed E-state index contributed by atoms with van der Waals surface area (Å²) >= 11 is 0. The summed E-state index contributed by atoms with van der Waals surface area (Å²) < 4.78 is 18.7. The SMILES string of the molecule is Cc1ccccc1C(=O)NC(C(=O)Oc1ccccc1F)C(C)C. The molecule has 0 fully saturated rings. The normalized spacial score (nSPS) is 11.9. The Morgan fingerprint density at radius 3 is 2.29 bits per heavy atom. The van der Waals surface area contributed by atoms with E-state index in [4.69, 9.17) is 4.74 Å². The Morgan fingerprint density at radius 1 is 1.04 bits per heavy atom. The number of amides is 1. The molecule has 4 nitrogen and oxygen atoms in total. The van der Waals surface area contributed by atoms with E-state index in [1.54, 1.807) is 32.0 Å². The molecule has 24 heavy (non-hydrogen) atoms. The van der Waals surface area contributed by atoms with E-state index in [1.165, 1.54) is 18.2 Å². The topological polar surface area (TPSA) is 55.4 Å². The first-order chi connectivity index (χ1) is 11.4. The smallest absolute Gasteiger partial charge is 0.334 e. The van der Waals surface area contributed by atoms with Crippen molar-refractivity contribution in [2.24, 2.45) is 5.92 Å². The quantitative estimate of drug-likeness (QED) is 0.675. The summed E-state index contributed by atoms with van der Waals surface area (Å²) in [4.78, 5) is 24.8. The minimum absolute atomic E-state index is 0.154. The van der Waals surface area contributed by atoms with E-state index in [-0.39, 0.29) is 17.6 Å². The number of carbonyl (C=O) groups is 2. The molecule has 5 heteroatoms. The number of para-hydroxylation sites is 1. The van der Waals surface area contributed by atoms with Gasteiger partial charge in [0.25, 0.3) is 5.91 Å². The summed E-state index contributed by atoms with van der Waals surface area (Å²) in [5.74, 6) is -2.05. The zero-order chi connectivity index (χ0) is 17.7. The average Bonchev–Trinajstić information content (AvgIpc) is 2.54. The van der Waals surface area contributed by atoms with Gasteiger partial charge in [0, 0.05) is 5.56 Å². The van der Waals surface area contributed by atoms with Crippen LogP contribution < -0.4 is 10.1 Å². The van der Waals surface area contributed by atoms with E-state index in [9.17, 15) is 14.0 Å². The van der Waals surface area contributed by atoms with Gasteiger partial charge >= 0.3 is 5.97 Å². The van der Waals surface area contributed by atoms with Crippen molar-refractivity contribution in [3.05, 3.63) is 65.5 Å². The molecule has 2 rings (SSSR count). The van der Waals surface area contributed by atoms with Crippen LogP contribution in [0.25, 0.3) is 0 Å². The molecule has 0 saturated heterocycles. The Morgan fingerprint density at radius 2 is 1.67 bits per heavy atom. The Balaban J connectivity index is 2.15. The van der Waals surface area contributed by atoms with Crippen LogP contribution in [0.2, 0.25) is 0 Å². The number of nitrogens with one attached hydrogen (secondary N) is 1. The van der Waals surface area contributed by atoms with Crippen molar-refractivity contribution in [3.8, 4) is 5.75 Å². The lowest BCUT2D eigenvalue weighted by Crippen LogP contribution is -2.46. The van der Waals surface area contributed by atoms with Crippen LogP contribution in [0.1, 0.15) is 29.8 Å². The second-order valence-electron chi connectivity index (χ2n) is 5.86. The molecule has 2 aromatic carbocycles. The molecule has 0 aliphatic carbocycles. The molecule has 0 aliphatic rings. The highest BCUT2D eigenvalue weighted by atomic mass is 19.1. The van der Waals surface area contributed by atoms with Gasteiger partial charge < -0.3 is 10.1 Å². The van der Waals surface area contributed by atoms with Gasteiger partial charge in [0.15, 0.2) is 11.6 Å². The number of hydrogen-bond acceptors (Lipinski definition) is 3. The van der Waals surface area contributed by atoms with E-state index in [1.807, 2.05) is 19.1 Å². The lowest BCUT2D eigenvalue weighted by Gasteiger charge is -2.21. The van der Waals surface area contributed by atoms with E-state index >= 15 is 0 Å². The minimum Gasteiger partial charge on any atom is -0.422 e. The van der Waals surface area contributed by atoms with Crippen LogP contribution in [0.15, 0.2) is 48.5 Å². The summed E-state index contributed by atoms with van der Waals surface area (Å²) in [5, 5.41) is 2.68. The van der Waals surface area contributed by atoms with Crippen molar-refractivity contribution in [2.75, 3.05) is 0 Å². The highest BCUT2D eigenvalue weighted by Gasteiger charge is 2.27. The van der Waals surface area contributed by atoms with Gasteiger partial charge in [-0.1, -0.05) is 44.2 Å². The molecule has 2 aromatic rings. The Labute approximate surface area is 140 Å². The standard InChI is InChI=1S/C19H20FNO3/c1-12(2)17(19(23)24-16-11-7-6-10-15(16)20)21-18(22)14-9-5-4-8-13(14)3/h4-12,17H,1-3H3,(H,21,22). The number of rotatable bonds is 5. The molecule has 0 spiro atoms. The number of aryl methyl sites for hydroxylation is 1. The second-order valence-corrected chi connectivity index (χ2v) is 5.86. The zero-order valence-electron chi connectivity index (χ0n) is 13.9. The third kappa shape index (κ3) is 4.19. The van der Waals surface area contributed by atoms with Crippen molar-refractivity contribution < 1.29 is 18.7 Å². The number of halogens is 1. The molecule has 1 N–H and O–H groups in total. The average molecular weight is 329 g/mol. The summed E-state index contributed by atoms with van der Waals surface area (Å²) in [6, 6.07) is 11.9. The van der Waals surface area contributed by atoms with Gasteiger partial charge in [-0.25, -0.2) is 9.18 Å². The van der Waals surface area contributed by atoms with Gasteiger partial charge in [-0.15, -0.1) is 0 Å².